The molecule has 0 radical (unpaired) electrons. The maximum atomic E-state index is 13.0. The summed E-state index contributed by atoms with van der Waals surface area (Å²) in [5, 5.41) is 4.58. The van der Waals surface area contributed by atoms with Crippen molar-refractivity contribution in [2.75, 3.05) is 25.0 Å². The molecule has 138 valence electrons. The average Bonchev–Trinajstić information content (AvgIpc) is 2.91. The van der Waals surface area contributed by atoms with Crippen molar-refractivity contribution in [2.45, 2.75) is 25.8 Å². The lowest BCUT2D eigenvalue weighted by molar-refractivity contribution is 0.237. The number of aryl methyl sites for hydroxylation is 1. The van der Waals surface area contributed by atoms with Gasteiger partial charge in [0.25, 0.3) is 0 Å². The summed E-state index contributed by atoms with van der Waals surface area (Å²) in [4.78, 5) is 12.0. The van der Waals surface area contributed by atoms with Crippen LogP contribution in [0.25, 0.3) is 10.2 Å². The van der Waals surface area contributed by atoms with Gasteiger partial charge in [-0.25, -0.2) is 14.4 Å². The fourth-order valence-electron chi connectivity index (χ4n) is 3.21. The van der Waals surface area contributed by atoms with Gasteiger partial charge in [0.1, 0.15) is 22.8 Å². The van der Waals surface area contributed by atoms with Crippen LogP contribution in [0.15, 0.2) is 43.0 Å². The average molecular weight is 393 g/mol. The highest BCUT2D eigenvalue weighted by Gasteiger charge is 2.21. The van der Waals surface area contributed by atoms with E-state index in [1.54, 1.807) is 12.4 Å². The molecule has 1 aliphatic rings. The highest BCUT2D eigenvalue weighted by molar-refractivity contribution is 7.22. The molecule has 0 bridgehead atoms. The molecule has 3 rings (SSSR count). The number of aromatic nitrogens is 2. The number of allylic oxidation sites excluding steroid dienone is 2. The van der Waals surface area contributed by atoms with Crippen molar-refractivity contribution in [1.82, 2.24) is 14.9 Å². The number of thiophene rings is 1. The maximum Gasteiger partial charge on any atom is 0.138 e. The Bertz CT molecular complexity index is 853. The number of hydrogen-bond donors (Lipinski definition) is 1. The summed E-state index contributed by atoms with van der Waals surface area (Å²) in [6, 6.07) is 0.342. The minimum Gasteiger partial charge on any atom is -0.367 e. The molecule has 0 amide bonds. The van der Waals surface area contributed by atoms with Crippen LogP contribution in [0, 0.1) is 6.92 Å². The van der Waals surface area contributed by atoms with Crippen molar-refractivity contribution in [2.24, 2.45) is 0 Å². The first-order valence-corrected chi connectivity index (χ1v) is 9.73. The normalized spacial score (nSPS) is 16.8. The molecular weight excluding hydrogens is 371 g/mol. The highest BCUT2D eigenvalue weighted by atomic mass is 35.5. The predicted octanol–water partition coefficient (Wildman–Crippen LogP) is 5.13. The summed E-state index contributed by atoms with van der Waals surface area (Å²) < 4.78 is 13.8. The molecule has 4 nitrogen and oxygen atoms in total. The smallest absolute Gasteiger partial charge is 0.138 e. The molecule has 3 heterocycles. The van der Waals surface area contributed by atoms with Crippen molar-refractivity contribution < 1.29 is 4.39 Å². The van der Waals surface area contributed by atoms with Gasteiger partial charge in [0.05, 0.1) is 9.72 Å². The topological polar surface area (TPSA) is 41.0 Å². The van der Waals surface area contributed by atoms with Crippen LogP contribution in [0.4, 0.5) is 10.2 Å². The molecule has 0 aliphatic carbocycles. The lowest BCUT2D eigenvalue weighted by Crippen LogP contribution is -2.40. The number of rotatable bonds is 6. The fourth-order valence-corrected chi connectivity index (χ4v) is 4.40. The van der Waals surface area contributed by atoms with E-state index in [0.29, 0.717) is 12.6 Å². The number of nitrogens with zero attached hydrogens (tertiary/aromatic N) is 3. The van der Waals surface area contributed by atoms with Gasteiger partial charge in [0.15, 0.2) is 0 Å². The van der Waals surface area contributed by atoms with Crippen LogP contribution in [0.1, 0.15) is 18.4 Å². The molecule has 1 saturated heterocycles. The van der Waals surface area contributed by atoms with Gasteiger partial charge in [0, 0.05) is 25.7 Å². The van der Waals surface area contributed by atoms with Crippen LogP contribution in [0.3, 0.4) is 0 Å². The Morgan fingerprint density at radius 3 is 2.85 bits per heavy atom. The second-order valence-corrected chi connectivity index (χ2v) is 8.07. The van der Waals surface area contributed by atoms with Gasteiger partial charge in [-0.2, -0.15) is 0 Å². The van der Waals surface area contributed by atoms with Crippen LogP contribution in [0.5, 0.6) is 0 Å². The largest absolute Gasteiger partial charge is 0.367 e. The molecule has 7 heteroatoms. The summed E-state index contributed by atoms with van der Waals surface area (Å²) >= 11 is 7.74. The Kier molecular flexibility index (Phi) is 6.06. The summed E-state index contributed by atoms with van der Waals surface area (Å²) in [7, 11) is 0. The van der Waals surface area contributed by atoms with Crippen LogP contribution in [-0.4, -0.2) is 40.5 Å². The number of anilines is 1. The van der Waals surface area contributed by atoms with E-state index in [9.17, 15) is 4.39 Å². The summed E-state index contributed by atoms with van der Waals surface area (Å²) in [5.74, 6) is 0.420. The lowest BCUT2D eigenvalue weighted by Gasteiger charge is -2.33. The van der Waals surface area contributed by atoms with Crippen LogP contribution >= 0.6 is 22.9 Å². The van der Waals surface area contributed by atoms with E-state index < -0.39 is 5.83 Å². The van der Waals surface area contributed by atoms with Crippen LogP contribution in [0.2, 0.25) is 4.34 Å². The molecule has 2 aromatic heterocycles. The molecule has 0 atom stereocenters. The van der Waals surface area contributed by atoms with Crippen molar-refractivity contribution in [3.63, 3.8) is 0 Å². The second kappa shape index (κ2) is 8.29. The molecule has 1 aliphatic heterocycles. The summed E-state index contributed by atoms with van der Waals surface area (Å²) in [5.41, 5.74) is 1.88. The summed E-state index contributed by atoms with van der Waals surface area (Å²) in [6.45, 7) is 11.6. The first kappa shape index (κ1) is 19.0. The van der Waals surface area contributed by atoms with E-state index in [-0.39, 0.29) is 0 Å². The van der Waals surface area contributed by atoms with E-state index in [1.165, 1.54) is 17.4 Å². The Morgan fingerprint density at radius 2 is 2.19 bits per heavy atom. The number of piperidine rings is 1. The minimum absolute atomic E-state index is 0.342. The van der Waals surface area contributed by atoms with E-state index in [4.69, 9.17) is 11.6 Å². The number of fused-ring (bicyclic) bond motifs is 1. The number of halogens is 2. The summed E-state index contributed by atoms with van der Waals surface area (Å²) in [6.07, 6.45) is 6.69. The third-order valence-corrected chi connectivity index (χ3v) is 6.11. The van der Waals surface area contributed by atoms with Crippen LogP contribution < -0.4 is 5.32 Å². The molecule has 1 N–H and O–H groups in total. The first-order chi connectivity index (χ1) is 12.5. The Balaban J connectivity index is 1.63. The van der Waals surface area contributed by atoms with Crippen molar-refractivity contribution >= 4 is 39.0 Å². The Labute approximate surface area is 162 Å². The Morgan fingerprint density at radius 1 is 1.46 bits per heavy atom. The zero-order valence-electron chi connectivity index (χ0n) is 14.8. The van der Waals surface area contributed by atoms with Gasteiger partial charge in [-0.15, -0.1) is 11.3 Å². The standard InChI is InChI=1S/C19H22ClFN4S/c1-4-14(9-12(2)21)10-25-7-5-15(6-8-25)24-18-16-13(3)17(20)26-19(16)23-11-22-18/h4,9,11,15H,1-2,5-8,10H2,3H3,(H,22,23,24)/b14-9+. The highest BCUT2D eigenvalue weighted by Crippen LogP contribution is 2.36. The SMILES string of the molecule is C=C/C(=C\C(=C)F)CN1CCC(Nc2ncnc3sc(Cl)c(C)c23)CC1. The van der Waals surface area contributed by atoms with Crippen molar-refractivity contribution in [3.8, 4) is 0 Å². The fraction of sp³-hybridized carbons (Fsp3) is 0.368. The quantitative estimate of drug-likeness (QED) is 0.692. The minimum atomic E-state index is -0.436. The first-order valence-electron chi connectivity index (χ1n) is 8.54. The zero-order valence-corrected chi connectivity index (χ0v) is 16.3. The van der Waals surface area contributed by atoms with Crippen molar-refractivity contribution in [1.29, 1.82) is 0 Å². The van der Waals surface area contributed by atoms with E-state index >= 15 is 0 Å². The van der Waals surface area contributed by atoms with Gasteiger partial charge in [-0.3, -0.25) is 4.90 Å². The molecule has 26 heavy (non-hydrogen) atoms. The number of likely N-dealkylation sites (tertiary alicyclic amines) is 1. The van der Waals surface area contributed by atoms with Gasteiger partial charge in [-0.1, -0.05) is 30.8 Å². The Hall–Kier alpha value is -1.76. The van der Waals surface area contributed by atoms with E-state index in [1.807, 2.05) is 6.92 Å². The van der Waals surface area contributed by atoms with Gasteiger partial charge >= 0.3 is 0 Å². The molecular formula is C19H22ClFN4S. The number of hydrogen-bond acceptors (Lipinski definition) is 5. The molecule has 0 spiro atoms. The molecule has 2 aromatic rings. The lowest BCUT2D eigenvalue weighted by atomic mass is 10.0. The number of nitrogens with one attached hydrogen (secondary N) is 1. The van der Waals surface area contributed by atoms with Gasteiger partial charge < -0.3 is 5.32 Å². The molecule has 0 saturated carbocycles. The molecule has 1 fully saturated rings. The third kappa shape index (κ3) is 4.31. The second-order valence-electron chi connectivity index (χ2n) is 6.47. The molecule has 0 aromatic carbocycles. The van der Waals surface area contributed by atoms with Gasteiger partial charge in [-0.05, 0) is 37.0 Å². The van der Waals surface area contributed by atoms with Crippen molar-refractivity contribution in [3.05, 3.63) is 52.9 Å². The zero-order chi connectivity index (χ0) is 18.7. The monoisotopic (exact) mass is 392 g/mol. The van der Waals surface area contributed by atoms with Gasteiger partial charge in [0.2, 0.25) is 0 Å². The third-order valence-electron chi connectivity index (χ3n) is 4.61. The van der Waals surface area contributed by atoms with E-state index in [2.05, 4.69) is 33.3 Å². The maximum absolute atomic E-state index is 13.0. The molecule has 0 unspecified atom stereocenters. The predicted molar refractivity (Wildman–Crippen MR) is 109 cm³/mol. The van der Waals surface area contributed by atoms with E-state index in [0.717, 1.165) is 57.4 Å². The van der Waals surface area contributed by atoms with Crippen LogP contribution in [-0.2, 0) is 0 Å².